The van der Waals surface area contributed by atoms with Crippen molar-refractivity contribution in [1.82, 2.24) is 0 Å². The van der Waals surface area contributed by atoms with Crippen molar-refractivity contribution in [3.05, 3.63) is 67.6 Å². The number of hydrogen-bond donors (Lipinski definition) is 3. The molecule has 91 heavy (non-hydrogen) atoms. The molecular weight excluding hydrogens is 1160 g/mol. The van der Waals surface area contributed by atoms with E-state index in [2.05, 4.69) is 69.2 Å². The van der Waals surface area contributed by atoms with Gasteiger partial charge in [-0.15, -0.1) is 0 Å². The van der Waals surface area contributed by atoms with Crippen LogP contribution in [-0.2, 0) is 24.4 Å². The zero-order valence-corrected chi connectivity index (χ0v) is 61.3. The van der Waals surface area contributed by atoms with Crippen molar-refractivity contribution in [1.29, 1.82) is 0 Å². The molecule has 8 nitrogen and oxygen atoms in total. The van der Waals surface area contributed by atoms with Gasteiger partial charge in [-0.2, -0.15) is 6.42 Å². The summed E-state index contributed by atoms with van der Waals surface area (Å²) in [7, 11) is -6.85. The van der Waals surface area contributed by atoms with Gasteiger partial charge >= 0.3 is 18.9 Å². The van der Waals surface area contributed by atoms with E-state index in [0.717, 1.165) is 119 Å². The molecule has 1 saturated heterocycles. The molecule has 0 bridgehead atoms. The molecule has 11 aliphatic rings. The van der Waals surface area contributed by atoms with Crippen LogP contribution in [-0.4, -0.2) is 72.2 Å². The van der Waals surface area contributed by atoms with Gasteiger partial charge in [0.05, 0.1) is 49.8 Å². The fraction of sp³-hybridized carbons (Fsp3) is 0.838. The van der Waals surface area contributed by atoms with Gasteiger partial charge in [-0.25, -0.2) is 16.8 Å². The van der Waals surface area contributed by atoms with E-state index in [0.29, 0.717) is 68.2 Å². The van der Waals surface area contributed by atoms with Crippen LogP contribution in [0, 0.1) is 111 Å². The van der Waals surface area contributed by atoms with Gasteiger partial charge in [0.1, 0.15) is 0 Å². The third-order valence-electron chi connectivity index (χ3n) is 29.7. The Morgan fingerprint density at radius 2 is 0.934 bits per heavy atom. The third kappa shape index (κ3) is 15.3. The maximum atomic E-state index is 14.5. The molecule has 1 heterocycles. The molecule has 1 unspecified atom stereocenters. The molecule has 1 aliphatic heterocycles. The molecule has 2 aromatic rings. The Labute approximate surface area is 568 Å². The standard InChI is InChI=1S/C38H60O4S.C29H44O3S.C9H16O.C4H9.Li/c1-6-27-16-20-38(40,21-17-27)25-34(43(41,42)29-10-8-7-9-11-29)26(2)31-14-15-32-30-13-12-28-24-35(3,39)22-23-36(28,4)33(30)18-19-37(31,32)5;1-20(19-33(31,32)22-8-6-5-7-9-22)24-12-13-25-23-11-10-21-18-27(2,30)16-17-28(21,3)26(23)14-15-29(24,25)4;1-2-8-3-5-9(6-4-8)7-10-9;1-3-4-2;/h7-11,26-28,30-34,39-40H,6,12-25H2,1-5H3;5-9,20-21,23-26,30H,10-19H2,1-4H3;8H,2-7H2,1H3;1,3-4H2,2H3;/q;;;-1;+1/t26-,27?,28-,30-,31+,32-,33-,34?,35-,36-,37+,38?;20-,21+,23+,24-,25+,26+,27+,28+,29-;;;/m01.../s1. The molecule has 11 heteroatoms. The molecule has 2 aromatic carbocycles. The van der Waals surface area contributed by atoms with Crippen LogP contribution in [0.3, 0.4) is 0 Å². The minimum absolute atomic E-state index is 0. The average molecular weight is 1290 g/mol. The first-order valence-corrected chi connectivity index (χ1v) is 40.8. The number of benzene rings is 2. The van der Waals surface area contributed by atoms with Crippen LogP contribution in [0.4, 0.5) is 0 Å². The largest absolute Gasteiger partial charge is 1.00 e. The van der Waals surface area contributed by atoms with Crippen LogP contribution in [0.15, 0.2) is 70.5 Å². The Hall–Kier alpha value is -1.22. The second-order valence-electron chi connectivity index (χ2n) is 35.0. The van der Waals surface area contributed by atoms with Crippen molar-refractivity contribution < 1.29 is 55.8 Å². The normalized spacial score (nSPS) is 44.0. The van der Waals surface area contributed by atoms with Gasteiger partial charge in [0.2, 0.25) is 0 Å². The van der Waals surface area contributed by atoms with E-state index in [1.165, 1.54) is 116 Å². The predicted molar refractivity (Wildman–Crippen MR) is 369 cm³/mol. The minimum Gasteiger partial charge on any atom is -0.390 e. The number of epoxide rings is 1. The molecule has 11 fully saturated rings. The van der Waals surface area contributed by atoms with E-state index >= 15 is 0 Å². The fourth-order valence-corrected chi connectivity index (χ4v) is 27.6. The Bertz CT molecular complexity index is 2870. The smallest absolute Gasteiger partial charge is 0.390 e. The molecule has 510 valence electrons. The van der Waals surface area contributed by atoms with Crippen LogP contribution in [0.1, 0.15) is 275 Å². The summed E-state index contributed by atoms with van der Waals surface area (Å²) in [4.78, 5) is 0.889. The summed E-state index contributed by atoms with van der Waals surface area (Å²) >= 11 is 0. The van der Waals surface area contributed by atoms with Gasteiger partial charge in [-0.05, 0) is 316 Å². The number of aliphatic hydroxyl groups is 3. The van der Waals surface area contributed by atoms with Crippen molar-refractivity contribution in [2.45, 2.75) is 313 Å². The van der Waals surface area contributed by atoms with E-state index in [1.54, 1.807) is 24.3 Å². The predicted octanol–water partition coefficient (Wildman–Crippen LogP) is 16.1. The van der Waals surface area contributed by atoms with Crippen molar-refractivity contribution in [2.75, 3.05) is 12.4 Å². The van der Waals surface area contributed by atoms with Gasteiger partial charge in [-0.1, -0.05) is 118 Å². The fourth-order valence-electron chi connectivity index (χ4n) is 23.8. The Morgan fingerprint density at radius 3 is 1.37 bits per heavy atom. The van der Waals surface area contributed by atoms with Gasteiger partial charge < -0.3 is 27.0 Å². The van der Waals surface area contributed by atoms with Crippen molar-refractivity contribution in [2.24, 2.45) is 105 Å². The van der Waals surface area contributed by atoms with Crippen molar-refractivity contribution in [3.8, 4) is 0 Å². The summed E-state index contributed by atoms with van der Waals surface area (Å²) in [5.74, 6) is 8.69. The summed E-state index contributed by atoms with van der Waals surface area (Å²) in [5.41, 5.74) is -0.328. The van der Waals surface area contributed by atoms with E-state index in [4.69, 9.17) is 4.74 Å². The molecule has 13 rings (SSSR count). The number of ether oxygens (including phenoxy) is 1. The first-order chi connectivity index (χ1) is 42.4. The van der Waals surface area contributed by atoms with Crippen LogP contribution in [0.25, 0.3) is 0 Å². The molecule has 10 aliphatic carbocycles. The molecular formula is C80H129LiO8S2. The monoisotopic (exact) mass is 1290 g/mol. The van der Waals surface area contributed by atoms with Gasteiger partial charge in [0.15, 0.2) is 19.7 Å². The van der Waals surface area contributed by atoms with Crippen molar-refractivity contribution in [3.63, 3.8) is 0 Å². The summed E-state index contributed by atoms with van der Waals surface area (Å²) < 4.78 is 60.6. The number of rotatable bonds is 13. The first-order valence-electron chi connectivity index (χ1n) is 37.6. The van der Waals surface area contributed by atoms with E-state index in [1.807, 2.05) is 50.2 Å². The topological polar surface area (TPSA) is 141 Å². The number of unbranched alkanes of at least 4 members (excludes halogenated alkanes) is 1. The first kappa shape index (κ1) is 74.0. The molecule has 0 amide bonds. The van der Waals surface area contributed by atoms with Crippen LogP contribution < -0.4 is 18.9 Å². The number of fused-ring (bicyclic) bond motifs is 10. The second-order valence-corrected chi connectivity index (χ2v) is 39.2. The summed E-state index contributed by atoms with van der Waals surface area (Å²) in [6, 6.07) is 18.1. The maximum absolute atomic E-state index is 14.5. The Balaban J connectivity index is 0.000000179. The van der Waals surface area contributed by atoms with Crippen LogP contribution in [0.5, 0.6) is 0 Å². The van der Waals surface area contributed by atoms with E-state index in [-0.39, 0.29) is 47.3 Å². The third-order valence-corrected chi connectivity index (χ3v) is 34.0. The van der Waals surface area contributed by atoms with Gasteiger partial charge in [0.25, 0.3) is 0 Å². The Kier molecular flexibility index (Phi) is 23.5. The Morgan fingerprint density at radius 1 is 0.516 bits per heavy atom. The summed E-state index contributed by atoms with van der Waals surface area (Å²) in [5, 5.41) is 33.0. The molecule has 1 spiro atoms. The molecule has 0 radical (unpaired) electrons. The molecule has 19 atom stereocenters. The summed E-state index contributed by atoms with van der Waals surface area (Å²) in [6.45, 7) is 30.0. The average Bonchev–Trinajstić information content (AvgIpc) is 1.71. The van der Waals surface area contributed by atoms with Gasteiger partial charge in [-0.3, -0.25) is 0 Å². The zero-order chi connectivity index (χ0) is 64.9. The van der Waals surface area contributed by atoms with Crippen LogP contribution >= 0.6 is 0 Å². The van der Waals surface area contributed by atoms with Crippen molar-refractivity contribution >= 4 is 19.7 Å². The zero-order valence-electron chi connectivity index (χ0n) is 59.7. The number of hydrogen-bond acceptors (Lipinski definition) is 8. The van der Waals surface area contributed by atoms with Gasteiger partial charge in [0, 0.05) is 0 Å². The number of sulfone groups is 2. The summed E-state index contributed by atoms with van der Waals surface area (Å²) in [6.07, 6.45) is 35.1. The minimum atomic E-state index is -3.60. The quantitative estimate of drug-likeness (QED) is 0.102. The van der Waals surface area contributed by atoms with Crippen LogP contribution in [0.2, 0.25) is 0 Å². The molecule has 10 saturated carbocycles. The van der Waals surface area contributed by atoms with E-state index < -0.39 is 41.7 Å². The molecule has 0 aromatic heterocycles. The maximum Gasteiger partial charge on any atom is 1.00 e. The SMILES string of the molecule is CCC1CCC(O)(CC([C@@H](C)[C@H]2CC[C@H]3[C@@H]4CC[C@H]5C[C@@](C)(O)CC[C@]5(C)[C@H]4CC[C@]23C)S(=O)(=O)c2ccccc2)CC1.CCC1CCC2(CC1)CO2.C[C@H](CS(=O)(=O)c1ccccc1)[C@H]1CC[C@H]2[C@@H]3CC[C@H]4C[C@@](C)(O)CC[C@]4(C)[C@H]3CC[C@]12C.[CH2-]CCC.[Li+]. The molecule has 3 N–H and O–H groups in total. The second kappa shape index (κ2) is 28.9. The van der Waals surface area contributed by atoms with E-state index in [9.17, 15) is 32.2 Å².